The van der Waals surface area contributed by atoms with E-state index < -0.39 is 10.9 Å². The summed E-state index contributed by atoms with van der Waals surface area (Å²) >= 11 is 4.70. The van der Waals surface area contributed by atoms with Crippen molar-refractivity contribution in [3.63, 3.8) is 0 Å². The van der Waals surface area contributed by atoms with Crippen LogP contribution in [0.15, 0.2) is 56.7 Å². The highest BCUT2D eigenvalue weighted by atomic mass is 79.9. The second-order valence-electron chi connectivity index (χ2n) is 4.18. The lowest BCUT2D eigenvalue weighted by atomic mass is 10.1. The van der Waals surface area contributed by atoms with E-state index in [1.165, 1.54) is 23.9 Å². The number of benzene rings is 2. The van der Waals surface area contributed by atoms with Crippen LogP contribution in [0.4, 0.5) is 5.69 Å². The largest absolute Gasteiger partial charge is 0.481 e. The predicted molar refractivity (Wildman–Crippen MR) is 82.7 cm³/mol. The third-order valence-corrected chi connectivity index (χ3v) is 4.26. The molecule has 0 bridgehead atoms. The van der Waals surface area contributed by atoms with E-state index in [1.807, 2.05) is 12.1 Å². The van der Waals surface area contributed by atoms with Crippen molar-refractivity contribution in [3.05, 3.63) is 62.6 Å². The number of carboxylic acids is 1. The van der Waals surface area contributed by atoms with Crippen LogP contribution >= 0.6 is 27.7 Å². The molecule has 5 nitrogen and oxygen atoms in total. The summed E-state index contributed by atoms with van der Waals surface area (Å²) < 4.78 is 0.812. The van der Waals surface area contributed by atoms with Crippen LogP contribution in [-0.4, -0.2) is 16.0 Å². The second kappa shape index (κ2) is 6.73. The third-order valence-electron chi connectivity index (χ3n) is 2.64. The Bertz CT molecular complexity index is 688. The van der Waals surface area contributed by atoms with E-state index in [4.69, 9.17) is 5.11 Å². The molecule has 1 N–H and O–H groups in total. The fraction of sp³-hybridized carbons (Fsp3) is 0.0714. The molecule has 108 valence electrons. The number of carboxylic acid groups (broad SMARTS) is 1. The minimum absolute atomic E-state index is 0.0286. The van der Waals surface area contributed by atoms with E-state index in [0.717, 1.165) is 14.3 Å². The van der Waals surface area contributed by atoms with Crippen LogP contribution in [-0.2, 0) is 11.2 Å². The van der Waals surface area contributed by atoms with Crippen molar-refractivity contribution in [1.82, 2.24) is 0 Å². The molecule has 2 rings (SSSR count). The number of aliphatic carboxylic acids is 1. The third kappa shape index (κ3) is 4.30. The molecule has 0 aliphatic rings. The van der Waals surface area contributed by atoms with Gasteiger partial charge in [-0.25, -0.2) is 0 Å². The highest BCUT2D eigenvalue weighted by Gasteiger charge is 2.10. The first kappa shape index (κ1) is 15.5. The molecule has 2 aromatic rings. The van der Waals surface area contributed by atoms with Gasteiger partial charge in [-0.1, -0.05) is 27.7 Å². The topological polar surface area (TPSA) is 80.4 Å². The maximum Gasteiger partial charge on any atom is 0.307 e. The number of halogens is 1. The molecule has 0 aromatic heterocycles. The minimum Gasteiger partial charge on any atom is -0.481 e. The summed E-state index contributed by atoms with van der Waals surface area (Å²) in [5, 5.41) is 19.6. The Morgan fingerprint density at radius 2 is 1.90 bits per heavy atom. The summed E-state index contributed by atoms with van der Waals surface area (Å²) in [6, 6.07) is 11.6. The van der Waals surface area contributed by atoms with Gasteiger partial charge in [0, 0.05) is 26.4 Å². The molecule has 21 heavy (non-hydrogen) atoms. The van der Waals surface area contributed by atoms with Gasteiger partial charge in [-0.15, -0.1) is 0 Å². The van der Waals surface area contributed by atoms with Gasteiger partial charge in [0.25, 0.3) is 5.69 Å². The van der Waals surface area contributed by atoms with E-state index >= 15 is 0 Å². The van der Waals surface area contributed by atoms with Crippen molar-refractivity contribution in [2.45, 2.75) is 16.2 Å². The molecular formula is C14H10BrNO4S. The first-order chi connectivity index (χ1) is 9.95. The van der Waals surface area contributed by atoms with Crippen LogP contribution in [0.1, 0.15) is 5.56 Å². The molecule has 0 spiro atoms. The Morgan fingerprint density at radius 3 is 2.48 bits per heavy atom. The molecule has 0 saturated carbocycles. The second-order valence-corrected chi connectivity index (χ2v) is 6.21. The first-order valence-corrected chi connectivity index (χ1v) is 7.49. The van der Waals surface area contributed by atoms with Crippen LogP contribution in [0, 0.1) is 10.1 Å². The first-order valence-electron chi connectivity index (χ1n) is 5.88. The SMILES string of the molecule is O=C(O)Cc1cc(Br)ccc1Sc1ccc([N+](=O)[O-])cc1. The van der Waals surface area contributed by atoms with Crippen molar-refractivity contribution in [2.24, 2.45) is 0 Å². The zero-order valence-corrected chi connectivity index (χ0v) is 13.1. The lowest BCUT2D eigenvalue weighted by molar-refractivity contribution is -0.384. The Balaban J connectivity index is 2.26. The van der Waals surface area contributed by atoms with Gasteiger partial charge in [0.15, 0.2) is 0 Å². The summed E-state index contributed by atoms with van der Waals surface area (Å²) in [6.45, 7) is 0. The van der Waals surface area contributed by atoms with Crippen molar-refractivity contribution in [2.75, 3.05) is 0 Å². The number of nitrogens with zero attached hydrogens (tertiary/aromatic N) is 1. The number of rotatable bonds is 5. The van der Waals surface area contributed by atoms with Crippen LogP contribution in [0.3, 0.4) is 0 Å². The van der Waals surface area contributed by atoms with Gasteiger partial charge in [-0.2, -0.15) is 0 Å². The van der Waals surface area contributed by atoms with E-state index in [0.29, 0.717) is 5.56 Å². The lowest BCUT2D eigenvalue weighted by Crippen LogP contribution is -2.01. The average Bonchev–Trinajstić information content (AvgIpc) is 2.42. The van der Waals surface area contributed by atoms with E-state index in [1.54, 1.807) is 18.2 Å². The zero-order chi connectivity index (χ0) is 15.4. The molecule has 7 heteroatoms. The van der Waals surface area contributed by atoms with Crippen LogP contribution in [0.2, 0.25) is 0 Å². The van der Waals surface area contributed by atoms with Gasteiger partial charge in [-0.05, 0) is 35.9 Å². The molecule has 0 aliphatic heterocycles. The predicted octanol–water partition coefficient (Wildman–Crippen LogP) is 4.14. The maximum absolute atomic E-state index is 10.9. The standard InChI is InChI=1S/C14H10BrNO4S/c15-10-1-6-13(9(7-10)8-14(17)18)21-12-4-2-11(3-5-12)16(19)20/h1-7H,8H2,(H,17,18). The van der Waals surface area contributed by atoms with Crippen LogP contribution < -0.4 is 0 Å². The van der Waals surface area contributed by atoms with Gasteiger partial charge >= 0.3 is 5.97 Å². The Hall–Kier alpha value is -1.86. The van der Waals surface area contributed by atoms with Crippen molar-refractivity contribution in [3.8, 4) is 0 Å². The molecule has 2 aromatic carbocycles. The molecule has 0 atom stereocenters. The summed E-state index contributed by atoms with van der Waals surface area (Å²) in [7, 11) is 0. The molecule has 0 saturated heterocycles. The van der Waals surface area contributed by atoms with Crippen LogP contribution in [0.25, 0.3) is 0 Å². The molecule has 0 radical (unpaired) electrons. The van der Waals surface area contributed by atoms with Gasteiger partial charge in [0.1, 0.15) is 0 Å². The number of nitro groups is 1. The molecule has 0 amide bonds. The monoisotopic (exact) mass is 367 g/mol. The summed E-state index contributed by atoms with van der Waals surface area (Å²) in [4.78, 5) is 22.7. The number of hydrogen-bond acceptors (Lipinski definition) is 4. The fourth-order valence-electron chi connectivity index (χ4n) is 1.71. The quantitative estimate of drug-likeness (QED) is 0.634. The normalized spacial score (nSPS) is 10.3. The van der Waals surface area contributed by atoms with Gasteiger partial charge < -0.3 is 5.11 Å². The van der Waals surface area contributed by atoms with Crippen molar-refractivity contribution < 1.29 is 14.8 Å². The zero-order valence-electron chi connectivity index (χ0n) is 10.7. The van der Waals surface area contributed by atoms with Gasteiger partial charge in [-0.3, -0.25) is 14.9 Å². The Kier molecular flexibility index (Phi) is 4.98. The van der Waals surface area contributed by atoms with Crippen molar-refractivity contribution in [1.29, 1.82) is 0 Å². The van der Waals surface area contributed by atoms with E-state index in [9.17, 15) is 14.9 Å². The van der Waals surface area contributed by atoms with Gasteiger partial charge in [0.05, 0.1) is 11.3 Å². The lowest BCUT2D eigenvalue weighted by Gasteiger charge is -2.08. The summed E-state index contributed by atoms with van der Waals surface area (Å²) in [5.41, 5.74) is 0.723. The summed E-state index contributed by atoms with van der Waals surface area (Å²) in [5.74, 6) is -0.904. The van der Waals surface area contributed by atoms with Crippen LogP contribution in [0.5, 0.6) is 0 Å². The number of non-ortho nitro benzene ring substituents is 1. The maximum atomic E-state index is 10.9. The fourth-order valence-corrected chi connectivity index (χ4v) is 3.04. The summed E-state index contributed by atoms with van der Waals surface area (Å²) in [6.07, 6.45) is -0.0746. The Morgan fingerprint density at radius 1 is 1.24 bits per heavy atom. The van der Waals surface area contributed by atoms with E-state index in [-0.39, 0.29) is 12.1 Å². The highest BCUT2D eigenvalue weighted by Crippen LogP contribution is 2.33. The number of nitro benzene ring substituents is 1. The number of hydrogen-bond donors (Lipinski definition) is 1. The van der Waals surface area contributed by atoms with E-state index in [2.05, 4.69) is 15.9 Å². The van der Waals surface area contributed by atoms with Crippen molar-refractivity contribution >= 4 is 39.3 Å². The highest BCUT2D eigenvalue weighted by molar-refractivity contribution is 9.10. The minimum atomic E-state index is -0.904. The Labute approximate surface area is 133 Å². The number of carbonyl (C=O) groups is 1. The molecule has 0 heterocycles. The van der Waals surface area contributed by atoms with Gasteiger partial charge in [0.2, 0.25) is 0 Å². The average molecular weight is 368 g/mol. The molecular weight excluding hydrogens is 358 g/mol. The molecule has 0 fully saturated rings. The smallest absolute Gasteiger partial charge is 0.307 e. The molecule has 0 aliphatic carbocycles. The molecule has 0 unspecified atom stereocenters.